The maximum Gasteiger partial charge on any atom is 0.245 e. The van der Waals surface area contributed by atoms with Crippen molar-refractivity contribution in [2.75, 3.05) is 33.4 Å². The highest BCUT2D eigenvalue weighted by atomic mass is 16.3. The molecule has 2 aliphatic heterocycles. The Morgan fingerprint density at radius 3 is 1.57 bits per heavy atom. The minimum atomic E-state index is -1.79. The number of guanidine groups is 1. The number of nitrogens with two attached hydrogens (primary N) is 2. The van der Waals surface area contributed by atoms with Crippen LogP contribution in [0.5, 0.6) is 0 Å². The van der Waals surface area contributed by atoms with E-state index in [0.29, 0.717) is 19.3 Å². The third kappa shape index (κ3) is 22.7. The van der Waals surface area contributed by atoms with Crippen molar-refractivity contribution in [3.05, 3.63) is 35.9 Å². The van der Waals surface area contributed by atoms with Crippen LogP contribution >= 0.6 is 0 Å². The first-order chi connectivity index (χ1) is 41.2. The fraction of sp³-hybridized carbons (Fsp3) is 0.667. The molecular weight excluding hydrogens is 1130 g/mol. The third-order valence-electron chi connectivity index (χ3n) is 15.9. The van der Waals surface area contributed by atoms with E-state index >= 15 is 0 Å². The molecule has 0 unspecified atom stereocenters. The van der Waals surface area contributed by atoms with E-state index in [1.54, 1.807) is 62.4 Å². The van der Waals surface area contributed by atoms with Crippen molar-refractivity contribution in [1.82, 2.24) is 69.1 Å². The number of nitrogens with one attached hydrogen (secondary N) is 13. The van der Waals surface area contributed by atoms with E-state index in [-0.39, 0.29) is 31.8 Å². The second-order valence-electron chi connectivity index (χ2n) is 22.5. The van der Waals surface area contributed by atoms with Crippen LogP contribution in [0.15, 0.2) is 35.3 Å². The normalized spacial score (nSPS) is 22.0. The van der Waals surface area contributed by atoms with Crippen LogP contribution in [0.25, 0.3) is 0 Å². The molecule has 1 aromatic rings. The van der Waals surface area contributed by atoms with Gasteiger partial charge in [-0.25, -0.2) is 4.99 Å². The number of carbonyl (C=O) groups excluding carboxylic acids is 12. The molecule has 1 aromatic carbocycles. The lowest BCUT2D eigenvalue weighted by Crippen LogP contribution is -2.63. The summed E-state index contributed by atoms with van der Waals surface area (Å²) >= 11 is 0. The van der Waals surface area contributed by atoms with Gasteiger partial charge < -0.3 is 90.8 Å². The lowest BCUT2D eigenvalue weighted by atomic mass is 9.94. The van der Waals surface area contributed by atoms with Crippen LogP contribution < -0.4 is 80.6 Å². The maximum absolute atomic E-state index is 14.4. The molecule has 0 radical (unpaired) electrons. The van der Waals surface area contributed by atoms with E-state index in [1.807, 2.05) is 30.3 Å². The Morgan fingerprint density at radius 2 is 1.09 bits per heavy atom. The number of aliphatic hydroxyl groups excluding tert-OH is 2. The summed E-state index contributed by atoms with van der Waals surface area (Å²) < 4.78 is 0. The second-order valence-corrected chi connectivity index (χ2v) is 22.5. The van der Waals surface area contributed by atoms with Crippen molar-refractivity contribution in [3.63, 3.8) is 0 Å². The molecule has 0 spiro atoms. The summed E-state index contributed by atoms with van der Waals surface area (Å²) in [5, 5.41) is 54.8. The van der Waals surface area contributed by atoms with Gasteiger partial charge in [-0.3, -0.25) is 57.5 Å². The fourth-order valence-corrected chi connectivity index (χ4v) is 9.35. The summed E-state index contributed by atoms with van der Waals surface area (Å²) in [6, 6.07) is -6.48. The molecule has 486 valence electrons. The van der Waals surface area contributed by atoms with Gasteiger partial charge in [0.05, 0.1) is 25.3 Å². The first-order valence-electron chi connectivity index (χ1n) is 29.8. The van der Waals surface area contributed by atoms with Gasteiger partial charge in [-0.2, -0.15) is 0 Å². The monoisotopic (exact) mass is 1230 g/mol. The molecule has 2 aliphatic rings. The van der Waals surface area contributed by atoms with E-state index in [0.717, 1.165) is 5.56 Å². The zero-order valence-corrected chi connectivity index (χ0v) is 51.5. The standard InChI is InChI=1S/C57H94N16O14/c1-11-28(5)42-53(84)61-25-38(50(81)63-32(9)46(77)66-37(49(80)70-42)23-34-24-62-57(59)64-34)67-52(83)40(27-75)69-55(86)44(30(7)13-3)73-56(87)45(31(8)14-4)71-47(78)35(20-21-41(58)76)65-51(82)39(26-74)68-54(85)43(29(6)12-2)72-48(79)36(60-10)22-33-18-16-15-17-19-33/h15-19,28-32,34-40,42-45,60,74-75H,11-14,20-27H2,1-10H3,(H2,58,76)(H,61,84)(H,63,81)(H,65,82)(H,66,77)(H,67,83)(H,68,85)(H,69,86)(H,70,80)(H,71,78)(H,72,79)(H,73,87)(H3,59,62,64)/t28-,29-,30-,31-,32-,34-,35+,36+,37-,38+,39-,40-,42-,43-,44-,45+/m0/s1. The number of likely N-dealkylation sites (N-methyl/N-ethyl adjacent to an activating group) is 1. The summed E-state index contributed by atoms with van der Waals surface area (Å²) in [5.74, 6) is -12.5. The Kier molecular flexibility index (Phi) is 30.5. The number of rotatable bonds is 32. The van der Waals surface area contributed by atoms with Crippen LogP contribution in [-0.2, 0) is 64.0 Å². The molecule has 2 heterocycles. The number of aliphatic hydroxyl groups is 2. The first kappa shape index (κ1) is 73.3. The number of hydrogen-bond donors (Lipinski definition) is 17. The van der Waals surface area contributed by atoms with Gasteiger partial charge in [0, 0.05) is 25.9 Å². The molecule has 19 N–H and O–H groups in total. The third-order valence-corrected chi connectivity index (χ3v) is 15.9. The molecule has 16 atom stereocenters. The maximum atomic E-state index is 14.4. The van der Waals surface area contributed by atoms with Crippen LogP contribution in [0.1, 0.15) is 113 Å². The van der Waals surface area contributed by atoms with Gasteiger partial charge in [0.15, 0.2) is 5.96 Å². The highest BCUT2D eigenvalue weighted by Crippen LogP contribution is 2.16. The van der Waals surface area contributed by atoms with Gasteiger partial charge in [-0.05, 0) is 56.0 Å². The van der Waals surface area contributed by atoms with E-state index in [4.69, 9.17) is 11.5 Å². The predicted molar refractivity (Wildman–Crippen MR) is 319 cm³/mol. The highest BCUT2D eigenvalue weighted by molar-refractivity contribution is 6.00. The van der Waals surface area contributed by atoms with Crippen molar-refractivity contribution in [1.29, 1.82) is 0 Å². The predicted octanol–water partition coefficient (Wildman–Crippen LogP) is -5.07. The largest absolute Gasteiger partial charge is 0.394 e. The van der Waals surface area contributed by atoms with Gasteiger partial charge in [0.2, 0.25) is 70.9 Å². The zero-order valence-electron chi connectivity index (χ0n) is 51.5. The van der Waals surface area contributed by atoms with Gasteiger partial charge in [0.25, 0.3) is 0 Å². The van der Waals surface area contributed by atoms with Crippen molar-refractivity contribution in [3.8, 4) is 0 Å². The number of hydrogen-bond acceptors (Lipinski definition) is 18. The summed E-state index contributed by atoms with van der Waals surface area (Å²) in [6.07, 6.45) is 0.820. The molecule has 3 rings (SSSR count). The van der Waals surface area contributed by atoms with Crippen LogP contribution in [-0.4, -0.2) is 193 Å². The molecule has 0 aliphatic carbocycles. The SMILES string of the molecule is CC[C@H](C)[C@@H]1NC(=O)[C@H](C[C@H]2CNC(N)=N2)NC(=O)[C@H](C)NC(=O)[C@H](NC(=O)[C@H](CO)NC(=O)[C@@H](NC(=O)[C@H](NC(=O)[C@@H](CCC(N)=O)NC(=O)[C@H](CO)NC(=O)[C@@H](NC(=O)[C@@H](Cc2ccccc2)NC)[C@@H](C)CC)[C@@H](C)CC)[C@@H](C)CC)CNC1=O. The molecule has 1 fully saturated rings. The molecular formula is C57H94N16O14. The van der Waals surface area contributed by atoms with Crippen LogP contribution in [0.4, 0.5) is 0 Å². The van der Waals surface area contributed by atoms with E-state index < -0.39 is 200 Å². The average molecular weight is 1230 g/mol. The minimum absolute atomic E-state index is 0.0107. The van der Waals surface area contributed by atoms with E-state index in [2.05, 4.69) is 74.1 Å². The Bertz CT molecular complexity index is 2580. The van der Waals surface area contributed by atoms with Gasteiger partial charge in [-0.1, -0.05) is 111 Å². The topological polar surface area (TPSA) is 466 Å². The molecule has 12 amide bonds. The van der Waals surface area contributed by atoms with Gasteiger partial charge in [0.1, 0.15) is 60.4 Å². The van der Waals surface area contributed by atoms with Crippen LogP contribution in [0, 0.1) is 23.7 Å². The molecule has 0 aromatic heterocycles. The van der Waals surface area contributed by atoms with Crippen molar-refractivity contribution in [2.45, 2.75) is 186 Å². The van der Waals surface area contributed by atoms with E-state index in [9.17, 15) is 67.7 Å². The molecule has 30 heteroatoms. The minimum Gasteiger partial charge on any atom is -0.394 e. The van der Waals surface area contributed by atoms with Crippen molar-refractivity contribution >= 4 is 76.8 Å². The number of amides is 12. The van der Waals surface area contributed by atoms with Crippen LogP contribution in [0.2, 0.25) is 0 Å². The van der Waals surface area contributed by atoms with Gasteiger partial charge >= 0.3 is 0 Å². The highest BCUT2D eigenvalue weighted by Gasteiger charge is 2.40. The summed E-state index contributed by atoms with van der Waals surface area (Å²) in [5.41, 5.74) is 12.1. The summed E-state index contributed by atoms with van der Waals surface area (Å²) in [7, 11) is 1.60. The lowest BCUT2D eigenvalue weighted by Gasteiger charge is -2.31. The summed E-state index contributed by atoms with van der Waals surface area (Å²) in [4.78, 5) is 169. The number of nitrogens with zero attached hydrogens (tertiary/aromatic N) is 1. The summed E-state index contributed by atoms with van der Waals surface area (Å²) in [6.45, 7) is 12.7. The quantitative estimate of drug-likeness (QED) is 0.0321. The molecule has 0 bridgehead atoms. The zero-order chi connectivity index (χ0) is 65.2. The average Bonchev–Trinajstić information content (AvgIpc) is 3.58. The Morgan fingerprint density at radius 1 is 0.598 bits per heavy atom. The Hall–Kier alpha value is -7.99. The fourth-order valence-electron chi connectivity index (χ4n) is 9.35. The number of benzene rings is 1. The van der Waals surface area contributed by atoms with Crippen LogP contribution in [0.3, 0.4) is 0 Å². The van der Waals surface area contributed by atoms with Crippen molar-refractivity contribution < 1.29 is 67.7 Å². The number of primary amides is 1. The molecule has 0 saturated carbocycles. The Balaban J connectivity index is 1.83. The van der Waals surface area contributed by atoms with Gasteiger partial charge in [-0.15, -0.1) is 0 Å². The number of carbonyl (C=O) groups is 12. The first-order valence-corrected chi connectivity index (χ1v) is 29.8. The molecule has 1 saturated heterocycles. The molecule has 30 nitrogen and oxygen atoms in total. The second kappa shape index (κ2) is 36.2. The lowest BCUT2D eigenvalue weighted by molar-refractivity contribution is -0.137. The smallest absolute Gasteiger partial charge is 0.245 e. The molecule has 87 heavy (non-hydrogen) atoms. The van der Waals surface area contributed by atoms with E-state index in [1.165, 1.54) is 6.92 Å². The number of aliphatic imine (C=N–C) groups is 1. The van der Waals surface area contributed by atoms with Crippen molar-refractivity contribution in [2.24, 2.45) is 40.1 Å². The Labute approximate surface area is 507 Å².